The van der Waals surface area contributed by atoms with Gasteiger partial charge in [-0.3, -0.25) is 4.79 Å². The van der Waals surface area contributed by atoms with Crippen molar-refractivity contribution in [2.45, 2.75) is 20.4 Å². The molecule has 0 atom stereocenters. The zero-order valence-corrected chi connectivity index (χ0v) is 11.9. The number of amides is 1. The fourth-order valence-electron chi connectivity index (χ4n) is 1.44. The lowest BCUT2D eigenvalue weighted by atomic mass is 10.4. The van der Waals surface area contributed by atoms with Gasteiger partial charge in [0.1, 0.15) is 14.8 Å². The molecular weight excluding hydrogens is 286 g/mol. The molecule has 6 nitrogen and oxygen atoms in total. The molecule has 0 unspecified atom stereocenters. The molecule has 0 radical (unpaired) electrons. The quantitative estimate of drug-likeness (QED) is 0.898. The van der Waals surface area contributed by atoms with Crippen molar-refractivity contribution in [2.75, 3.05) is 0 Å². The van der Waals surface area contributed by atoms with E-state index in [1.54, 1.807) is 6.92 Å². The second kappa shape index (κ2) is 5.45. The highest BCUT2D eigenvalue weighted by Crippen LogP contribution is 2.18. The minimum atomic E-state index is -0.995. The zero-order valence-electron chi connectivity index (χ0n) is 10.3. The summed E-state index contributed by atoms with van der Waals surface area (Å²) in [5, 5.41) is 13.0. The van der Waals surface area contributed by atoms with Crippen LogP contribution in [0.1, 0.15) is 35.1 Å². The van der Waals surface area contributed by atoms with Crippen LogP contribution in [0.25, 0.3) is 0 Å². The summed E-state index contributed by atoms with van der Waals surface area (Å²) in [6.45, 7) is 3.68. The van der Waals surface area contributed by atoms with Gasteiger partial charge in [-0.25, -0.2) is 14.8 Å². The van der Waals surface area contributed by atoms with Gasteiger partial charge in [0.15, 0.2) is 0 Å². The maximum atomic E-state index is 11.8. The molecule has 2 heterocycles. The summed E-state index contributed by atoms with van der Waals surface area (Å²) in [6, 6.07) is 0. The van der Waals surface area contributed by atoms with Crippen molar-refractivity contribution in [1.82, 2.24) is 15.3 Å². The summed E-state index contributed by atoms with van der Waals surface area (Å²) in [4.78, 5) is 31.5. The minimum Gasteiger partial charge on any atom is -0.477 e. The molecule has 0 spiro atoms. The van der Waals surface area contributed by atoms with Crippen LogP contribution in [-0.4, -0.2) is 27.0 Å². The number of rotatable bonds is 4. The largest absolute Gasteiger partial charge is 0.477 e. The Hall–Kier alpha value is -1.80. The molecule has 2 rings (SSSR count). The Balaban J connectivity index is 2.01. The molecule has 2 aromatic heterocycles. The van der Waals surface area contributed by atoms with Gasteiger partial charge >= 0.3 is 5.97 Å². The number of carboxylic acids is 1. The van der Waals surface area contributed by atoms with Crippen LogP contribution in [0.3, 0.4) is 0 Å². The van der Waals surface area contributed by atoms with E-state index in [0.717, 1.165) is 16.3 Å². The average Bonchev–Trinajstić information content (AvgIpc) is 2.92. The Morgan fingerprint density at radius 1 is 1.37 bits per heavy atom. The predicted octanol–water partition coefficient (Wildman–Crippen LogP) is 1.84. The van der Waals surface area contributed by atoms with Gasteiger partial charge in [0.25, 0.3) is 5.91 Å². The van der Waals surface area contributed by atoms with Crippen LogP contribution in [0.15, 0.2) is 6.20 Å². The fourth-order valence-corrected chi connectivity index (χ4v) is 2.97. The maximum Gasteiger partial charge on any atom is 0.347 e. The lowest BCUT2D eigenvalue weighted by Crippen LogP contribution is -2.21. The van der Waals surface area contributed by atoms with Gasteiger partial charge in [-0.05, 0) is 13.8 Å². The number of aromatic nitrogens is 2. The molecule has 0 aliphatic heterocycles. The first-order chi connectivity index (χ1) is 8.97. The van der Waals surface area contributed by atoms with E-state index >= 15 is 0 Å². The number of aromatic carboxylic acids is 1. The monoisotopic (exact) mass is 297 g/mol. The van der Waals surface area contributed by atoms with Gasteiger partial charge in [0, 0.05) is 0 Å². The third kappa shape index (κ3) is 3.15. The Morgan fingerprint density at radius 3 is 2.63 bits per heavy atom. The lowest BCUT2D eigenvalue weighted by molar-refractivity contribution is 0.0701. The van der Waals surface area contributed by atoms with Crippen molar-refractivity contribution in [3.05, 3.63) is 31.7 Å². The fraction of sp³-hybridized carbons (Fsp3) is 0.273. The number of hydrogen-bond donors (Lipinski definition) is 2. The van der Waals surface area contributed by atoms with Gasteiger partial charge in [0.2, 0.25) is 0 Å². The summed E-state index contributed by atoms with van der Waals surface area (Å²) >= 11 is 2.38. The van der Waals surface area contributed by atoms with E-state index in [-0.39, 0.29) is 17.3 Å². The van der Waals surface area contributed by atoms with Crippen LogP contribution in [0.4, 0.5) is 0 Å². The number of carboxylic acid groups (broad SMARTS) is 1. The standard InChI is InChI=1S/C11H11N3O3S2/c1-5-9(11(16)17)19-8(14-5)4-13-10(15)7-3-12-6(2)18-7/h3H,4H2,1-2H3,(H,13,15)(H,16,17). The molecule has 0 aromatic carbocycles. The first-order valence-electron chi connectivity index (χ1n) is 5.37. The van der Waals surface area contributed by atoms with Gasteiger partial charge in [0.05, 0.1) is 23.4 Å². The number of hydrogen-bond acceptors (Lipinski definition) is 6. The second-order valence-electron chi connectivity index (χ2n) is 3.75. The number of aryl methyl sites for hydroxylation is 2. The number of nitrogens with one attached hydrogen (secondary N) is 1. The normalized spacial score (nSPS) is 10.4. The molecule has 0 bridgehead atoms. The summed E-state index contributed by atoms with van der Waals surface area (Å²) in [5.74, 6) is -1.22. The summed E-state index contributed by atoms with van der Waals surface area (Å²) < 4.78 is 0. The smallest absolute Gasteiger partial charge is 0.347 e. The maximum absolute atomic E-state index is 11.8. The molecular formula is C11H11N3O3S2. The Bertz CT molecular complexity index is 633. The van der Waals surface area contributed by atoms with Crippen molar-refractivity contribution in [2.24, 2.45) is 0 Å². The second-order valence-corrected chi connectivity index (χ2v) is 6.07. The molecule has 2 N–H and O–H groups in total. The molecule has 100 valence electrons. The van der Waals surface area contributed by atoms with Crippen molar-refractivity contribution in [3.8, 4) is 0 Å². The molecule has 2 aromatic rings. The summed E-state index contributed by atoms with van der Waals surface area (Å²) in [6.07, 6.45) is 1.52. The van der Waals surface area contributed by atoms with Crippen LogP contribution in [-0.2, 0) is 6.54 Å². The van der Waals surface area contributed by atoms with E-state index in [4.69, 9.17) is 5.11 Å². The number of carbonyl (C=O) groups is 2. The molecule has 0 saturated heterocycles. The van der Waals surface area contributed by atoms with Crippen LogP contribution in [0.2, 0.25) is 0 Å². The first-order valence-corrected chi connectivity index (χ1v) is 7.01. The van der Waals surface area contributed by atoms with Crippen LogP contribution in [0, 0.1) is 13.8 Å². The lowest BCUT2D eigenvalue weighted by Gasteiger charge is -1.99. The molecule has 0 aliphatic rings. The molecule has 1 amide bonds. The molecule has 8 heteroatoms. The van der Waals surface area contributed by atoms with Crippen LogP contribution in [0.5, 0.6) is 0 Å². The van der Waals surface area contributed by atoms with E-state index in [1.165, 1.54) is 17.5 Å². The van der Waals surface area contributed by atoms with Crippen LogP contribution >= 0.6 is 22.7 Å². The third-order valence-electron chi connectivity index (χ3n) is 2.28. The van der Waals surface area contributed by atoms with Gasteiger partial charge < -0.3 is 10.4 Å². The minimum absolute atomic E-state index is 0.206. The average molecular weight is 297 g/mol. The van der Waals surface area contributed by atoms with Crippen LogP contribution < -0.4 is 5.32 Å². The van der Waals surface area contributed by atoms with E-state index < -0.39 is 5.97 Å². The molecule has 0 fully saturated rings. The number of nitrogens with zero attached hydrogens (tertiary/aromatic N) is 2. The Labute approximate surface area is 117 Å². The first kappa shape index (κ1) is 13.6. The van der Waals surface area contributed by atoms with Gasteiger partial charge in [-0.2, -0.15) is 0 Å². The van der Waals surface area contributed by atoms with Gasteiger partial charge in [-0.15, -0.1) is 22.7 Å². The topological polar surface area (TPSA) is 92.2 Å². The zero-order chi connectivity index (χ0) is 14.0. The van der Waals surface area contributed by atoms with E-state index in [2.05, 4.69) is 15.3 Å². The Morgan fingerprint density at radius 2 is 2.11 bits per heavy atom. The van der Waals surface area contributed by atoms with Crippen molar-refractivity contribution >= 4 is 34.6 Å². The number of thiazole rings is 2. The molecule has 0 aliphatic carbocycles. The number of carbonyl (C=O) groups excluding carboxylic acids is 1. The predicted molar refractivity (Wildman–Crippen MR) is 71.8 cm³/mol. The van der Waals surface area contributed by atoms with E-state index in [1.807, 2.05) is 6.92 Å². The van der Waals surface area contributed by atoms with Crippen molar-refractivity contribution in [1.29, 1.82) is 0 Å². The molecule has 0 saturated carbocycles. The Kier molecular flexibility index (Phi) is 3.91. The highest BCUT2D eigenvalue weighted by molar-refractivity contribution is 7.14. The third-order valence-corrected chi connectivity index (χ3v) is 4.34. The van der Waals surface area contributed by atoms with Crippen molar-refractivity contribution in [3.63, 3.8) is 0 Å². The summed E-state index contributed by atoms with van der Waals surface area (Å²) in [7, 11) is 0. The SMILES string of the molecule is Cc1ncc(C(=O)NCc2nc(C)c(C(=O)O)s2)s1. The van der Waals surface area contributed by atoms with E-state index in [0.29, 0.717) is 15.6 Å². The van der Waals surface area contributed by atoms with E-state index in [9.17, 15) is 9.59 Å². The summed E-state index contributed by atoms with van der Waals surface area (Å²) in [5.41, 5.74) is 0.468. The highest BCUT2D eigenvalue weighted by atomic mass is 32.1. The van der Waals surface area contributed by atoms with Crippen molar-refractivity contribution < 1.29 is 14.7 Å². The van der Waals surface area contributed by atoms with Gasteiger partial charge in [-0.1, -0.05) is 0 Å². The molecule has 19 heavy (non-hydrogen) atoms. The highest BCUT2D eigenvalue weighted by Gasteiger charge is 2.15.